The number of hydrogen-bond acceptors (Lipinski definition) is 5. The first-order chi connectivity index (χ1) is 13.4. The minimum atomic E-state index is -0.942. The Kier molecular flexibility index (Phi) is 4.44. The molecule has 28 heavy (non-hydrogen) atoms. The van der Waals surface area contributed by atoms with Gasteiger partial charge in [0, 0.05) is 35.3 Å². The van der Waals surface area contributed by atoms with Gasteiger partial charge in [-0.25, -0.2) is 9.97 Å². The molecule has 4 rings (SSSR count). The summed E-state index contributed by atoms with van der Waals surface area (Å²) in [6.45, 7) is 3.47. The Hall–Kier alpha value is -3.45. The van der Waals surface area contributed by atoms with Crippen LogP contribution in [0.4, 0.5) is 0 Å². The van der Waals surface area contributed by atoms with E-state index in [-0.39, 0.29) is 12.2 Å². The van der Waals surface area contributed by atoms with Gasteiger partial charge in [0.15, 0.2) is 5.65 Å². The van der Waals surface area contributed by atoms with Crippen LogP contribution in [0.15, 0.2) is 66.0 Å². The number of hydrogen-bond donors (Lipinski definition) is 2. The first-order valence-corrected chi connectivity index (χ1v) is 8.88. The summed E-state index contributed by atoms with van der Waals surface area (Å²) in [7, 11) is 0. The highest BCUT2D eigenvalue weighted by atomic mass is 16.5. The molecule has 0 saturated heterocycles. The van der Waals surface area contributed by atoms with E-state index in [9.17, 15) is 9.90 Å². The Morgan fingerprint density at radius 2 is 1.93 bits per heavy atom. The maximum Gasteiger partial charge on any atom is 0.260 e. The average Bonchev–Trinajstić information content (AvgIpc) is 3.08. The molecule has 2 N–H and O–H groups in total. The molecule has 3 heterocycles. The smallest absolute Gasteiger partial charge is 0.260 e. The average molecular weight is 376 g/mol. The van der Waals surface area contributed by atoms with Crippen LogP contribution in [0.1, 0.15) is 13.8 Å². The van der Waals surface area contributed by atoms with Gasteiger partial charge in [0.1, 0.15) is 6.61 Å². The Bertz CT molecular complexity index is 1160. The summed E-state index contributed by atoms with van der Waals surface area (Å²) in [6, 6.07) is 13.3. The van der Waals surface area contributed by atoms with Crippen molar-refractivity contribution in [2.24, 2.45) is 0 Å². The summed E-state index contributed by atoms with van der Waals surface area (Å²) in [5.41, 5.74) is 1.84. The monoisotopic (exact) mass is 376 g/mol. The fraction of sp³-hybridized carbons (Fsp3) is 0.190. The predicted molar refractivity (Wildman–Crippen MR) is 107 cm³/mol. The maximum atomic E-state index is 12.5. The van der Waals surface area contributed by atoms with Gasteiger partial charge in [0.2, 0.25) is 5.88 Å². The van der Waals surface area contributed by atoms with Gasteiger partial charge in [0.05, 0.1) is 17.3 Å². The lowest BCUT2D eigenvalue weighted by molar-refractivity contribution is 0.0268. The first kappa shape index (κ1) is 17.9. The van der Waals surface area contributed by atoms with Gasteiger partial charge in [-0.1, -0.05) is 18.2 Å². The Morgan fingerprint density at radius 3 is 2.61 bits per heavy atom. The van der Waals surface area contributed by atoms with E-state index >= 15 is 0 Å². The molecule has 0 aliphatic heterocycles. The highest BCUT2D eigenvalue weighted by Gasteiger charge is 2.17. The number of nitrogens with zero attached hydrogens (tertiary/aromatic N) is 3. The number of aliphatic hydroxyl groups is 1. The van der Waals surface area contributed by atoms with E-state index in [0.717, 1.165) is 16.8 Å². The van der Waals surface area contributed by atoms with Crippen molar-refractivity contribution < 1.29 is 9.84 Å². The van der Waals surface area contributed by atoms with Crippen LogP contribution in [0.3, 0.4) is 0 Å². The van der Waals surface area contributed by atoms with Crippen LogP contribution in [-0.2, 0) is 0 Å². The van der Waals surface area contributed by atoms with E-state index in [1.807, 2.05) is 47.2 Å². The second kappa shape index (κ2) is 6.94. The van der Waals surface area contributed by atoms with Gasteiger partial charge in [-0.2, -0.15) is 0 Å². The molecule has 7 nitrogen and oxygen atoms in total. The summed E-state index contributed by atoms with van der Waals surface area (Å²) in [5, 5.41) is 10.3. The van der Waals surface area contributed by atoms with Crippen LogP contribution < -0.4 is 10.3 Å². The summed E-state index contributed by atoms with van der Waals surface area (Å²) >= 11 is 0. The molecule has 0 radical (unpaired) electrons. The third-order valence-electron chi connectivity index (χ3n) is 4.24. The topological polar surface area (TPSA) is 93.0 Å². The highest BCUT2D eigenvalue weighted by molar-refractivity contribution is 5.94. The minimum Gasteiger partial charge on any atom is -0.475 e. The fourth-order valence-corrected chi connectivity index (χ4v) is 2.95. The second-order valence-corrected chi connectivity index (χ2v) is 7.16. The van der Waals surface area contributed by atoms with Crippen molar-refractivity contribution >= 4 is 11.0 Å². The molecule has 0 spiro atoms. The normalized spacial score (nSPS) is 11.7. The minimum absolute atomic E-state index is 0.135. The van der Waals surface area contributed by atoms with Crippen LogP contribution in [0.25, 0.3) is 27.8 Å². The zero-order valence-corrected chi connectivity index (χ0v) is 15.6. The Labute approximate surface area is 161 Å². The molecule has 0 bridgehead atoms. The van der Waals surface area contributed by atoms with Crippen LogP contribution in [0.2, 0.25) is 0 Å². The van der Waals surface area contributed by atoms with Crippen molar-refractivity contribution in [2.75, 3.05) is 6.61 Å². The van der Waals surface area contributed by atoms with Crippen molar-refractivity contribution in [1.29, 1.82) is 0 Å². The number of ether oxygens (including phenoxy) is 1. The summed E-state index contributed by atoms with van der Waals surface area (Å²) in [5.74, 6) is 0.407. The standard InChI is InChI=1S/C21H20N4O3/c1-21(2,27)12-28-17-9-8-14(10-22-17)16-11-25(15-6-4-3-5-7-15)19-18(16)20(26)24-13-23-19/h3-11,13,27H,12H2,1-2H3,(H,23,24,26). The lowest BCUT2D eigenvalue weighted by atomic mass is 10.1. The number of fused-ring (bicyclic) bond motifs is 1. The number of aromatic nitrogens is 4. The molecular formula is C21H20N4O3. The van der Waals surface area contributed by atoms with Gasteiger partial charge in [-0.05, 0) is 32.0 Å². The van der Waals surface area contributed by atoms with Crippen LogP contribution in [0.5, 0.6) is 5.88 Å². The highest BCUT2D eigenvalue weighted by Crippen LogP contribution is 2.29. The molecule has 4 aromatic rings. The third kappa shape index (κ3) is 3.52. The lowest BCUT2D eigenvalue weighted by Gasteiger charge is -2.17. The Balaban J connectivity index is 1.78. The van der Waals surface area contributed by atoms with Crippen LogP contribution >= 0.6 is 0 Å². The molecular weight excluding hydrogens is 356 g/mol. The van der Waals surface area contributed by atoms with Crippen LogP contribution in [0, 0.1) is 0 Å². The number of para-hydroxylation sites is 1. The molecule has 0 aliphatic carbocycles. The van der Waals surface area contributed by atoms with Gasteiger partial charge >= 0.3 is 0 Å². The largest absolute Gasteiger partial charge is 0.475 e. The fourth-order valence-electron chi connectivity index (χ4n) is 2.95. The quantitative estimate of drug-likeness (QED) is 0.559. The van der Waals surface area contributed by atoms with Crippen LogP contribution in [-0.4, -0.2) is 36.8 Å². The Morgan fingerprint density at radius 1 is 1.14 bits per heavy atom. The van der Waals surface area contributed by atoms with Crippen molar-refractivity contribution in [1.82, 2.24) is 19.5 Å². The molecule has 7 heteroatoms. The van der Waals surface area contributed by atoms with E-state index in [1.54, 1.807) is 26.1 Å². The van der Waals surface area contributed by atoms with E-state index in [0.29, 0.717) is 16.9 Å². The maximum absolute atomic E-state index is 12.5. The summed E-state index contributed by atoms with van der Waals surface area (Å²) in [6.07, 6.45) is 4.94. The molecule has 0 atom stereocenters. The second-order valence-electron chi connectivity index (χ2n) is 7.16. The number of H-pyrrole nitrogens is 1. The zero-order valence-electron chi connectivity index (χ0n) is 15.6. The van der Waals surface area contributed by atoms with Gasteiger partial charge in [-0.15, -0.1) is 0 Å². The predicted octanol–water partition coefficient (Wildman–Crippen LogP) is 2.93. The molecule has 0 fully saturated rings. The molecule has 3 aromatic heterocycles. The molecule has 0 unspecified atom stereocenters. The SMILES string of the molecule is CC(C)(O)COc1ccc(-c2cn(-c3ccccc3)c3nc[nH]c(=O)c23)cn1. The van der Waals surface area contributed by atoms with Gasteiger partial charge in [0.25, 0.3) is 5.56 Å². The van der Waals surface area contributed by atoms with E-state index in [2.05, 4.69) is 15.0 Å². The number of aromatic amines is 1. The number of benzene rings is 1. The third-order valence-corrected chi connectivity index (χ3v) is 4.24. The zero-order chi connectivity index (χ0) is 19.7. The van der Waals surface area contributed by atoms with Gasteiger partial charge in [-0.3, -0.25) is 4.79 Å². The van der Waals surface area contributed by atoms with Gasteiger partial charge < -0.3 is 19.4 Å². The molecule has 0 amide bonds. The number of pyridine rings is 1. The van der Waals surface area contributed by atoms with E-state index < -0.39 is 5.60 Å². The molecule has 1 aromatic carbocycles. The van der Waals surface area contributed by atoms with E-state index in [4.69, 9.17) is 4.74 Å². The first-order valence-electron chi connectivity index (χ1n) is 8.88. The van der Waals surface area contributed by atoms with E-state index in [1.165, 1.54) is 6.33 Å². The molecule has 0 aliphatic rings. The molecule has 0 saturated carbocycles. The molecule has 142 valence electrons. The van der Waals surface area contributed by atoms with Crippen molar-refractivity contribution in [2.45, 2.75) is 19.4 Å². The van der Waals surface area contributed by atoms with Crippen molar-refractivity contribution in [3.8, 4) is 22.7 Å². The van der Waals surface area contributed by atoms with Crippen molar-refractivity contribution in [3.63, 3.8) is 0 Å². The summed E-state index contributed by atoms with van der Waals surface area (Å²) < 4.78 is 7.39. The lowest BCUT2D eigenvalue weighted by Crippen LogP contribution is -2.28. The summed E-state index contributed by atoms with van der Waals surface area (Å²) in [4.78, 5) is 23.8. The van der Waals surface area contributed by atoms with Crippen molar-refractivity contribution in [3.05, 3.63) is 71.5 Å². The number of rotatable bonds is 5. The number of nitrogens with one attached hydrogen (secondary N) is 1.